The lowest BCUT2D eigenvalue weighted by molar-refractivity contribution is 0.0620. The topological polar surface area (TPSA) is 50.6 Å². The van der Waals surface area contributed by atoms with Crippen molar-refractivity contribution in [2.45, 2.75) is 0 Å². The van der Waals surface area contributed by atoms with Crippen molar-refractivity contribution in [2.75, 3.05) is 39.3 Å². The molecule has 4 rings (SSSR count). The van der Waals surface area contributed by atoms with E-state index in [1.165, 1.54) is 0 Å². The molecule has 2 aromatic carbocycles. The second-order valence-electron chi connectivity index (χ2n) is 6.91. The molecular weight excluding hydrogens is 388 g/mol. The third-order valence-corrected chi connectivity index (χ3v) is 5.36. The van der Waals surface area contributed by atoms with Gasteiger partial charge in [-0.2, -0.15) is 5.10 Å². The molecule has 7 heteroatoms. The van der Waals surface area contributed by atoms with E-state index in [9.17, 15) is 4.79 Å². The minimum atomic E-state index is 0.0731. The Morgan fingerprint density at radius 1 is 1.00 bits per heavy atom. The summed E-state index contributed by atoms with van der Waals surface area (Å²) in [5.41, 5.74) is 1.64. The Morgan fingerprint density at radius 2 is 1.76 bits per heavy atom. The largest absolute Gasteiger partial charge is 0.491 e. The normalized spacial score (nSPS) is 14.7. The van der Waals surface area contributed by atoms with Gasteiger partial charge in [0, 0.05) is 50.7 Å². The molecule has 0 saturated carbocycles. The maximum Gasteiger partial charge on any atom is 0.253 e. The number of para-hydroxylation sites is 1. The number of carbonyl (C=O) groups is 1. The minimum absolute atomic E-state index is 0.0731. The third kappa shape index (κ3) is 4.78. The zero-order valence-electron chi connectivity index (χ0n) is 16.1. The molecule has 1 saturated heterocycles. The molecule has 0 atom stereocenters. The molecule has 29 heavy (non-hydrogen) atoms. The minimum Gasteiger partial charge on any atom is -0.491 e. The van der Waals surface area contributed by atoms with Crippen LogP contribution < -0.4 is 4.74 Å². The Hall–Kier alpha value is -2.83. The zero-order chi connectivity index (χ0) is 20.1. The molecule has 0 N–H and O–H groups in total. The van der Waals surface area contributed by atoms with Gasteiger partial charge in [0.05, 0.1) is 10.7 Å². The number of benzene rings is 2. The van der Waals surface area contributed by atoms with E-state index in [0.29, 0.717) is 36.0 Å². The van der Waals surface area contributed by atoms with Crippen molar-refractivity contribution in [3.63, 3.8) is 0 Å². The Kier molecular flexibility index (Phi) is 6.12. The second kappa shape index (κ2) is 9.11. The van der Waals surface area contributed by atoms with Crippen LogP contribution in [0.2, 0.25) is 5.02 Å². The van der Waals surface area contributed by atoms with Crippen molar-refractivity contribution in [3.05, 3.63) is 77.6 Å². The van der Waals surface area contributed by atoms with E-state index < -0.39 is 0 Å². The van der Waals surface area contributed by atoms with Crippen LogP contribution >= 0.6 is 11.6 Å². The monoisotopic (exact) mass is 410 g/mol. The molecule has 1 fully saturated rings. The predicted molar refractivity (Wildman–Crippen MR) is 113 cm³/mol. The lowest BCUT2D eigenvalue weighted by Crippen LogP contribution is -2.49. The summed E-state index contributed by atoms with van der Waals surface area (Å²) in [4.78, 5) is 17.0. The summed E-state index contributed by atoms with van der Waals surface area (Å²) in [6, 6.07) is 16.9. The third-order valence-electron chi connectivity index (χ3n) is 5.04. The standard InChI is InChI=1S/C22H23ClN4O2/c23-20-4-1-2-5-21(20)29-17-16-25-12-14-26(15-13-25)22(28)18-6-8-19(9-7-18)27-11-3-10-24-27/h1-11H,12-17H2. The first-order chi connectivity index (χ1) is 14.2. The number of ether oxygens (including phenoxy) is 1. The van der Waals surface area contributed by atoms with Crippen LogP contribution in [-0.2, 0) is 0 Å². The Morgan fingerprint density at radius 3 is 2.45 bits per heavy atom. The highest BCUT2D eigenvalue weighted by molar-refractivity contribution is 6.32. The number of rotatable bonds is 6. The number of aromatic nitrogens is 2. The molecule has 150 valence electrons. The highest BCUT2D eigenvalue weighted by Gasteiger charge is 2.22. The molecular formula is C22H23ClN4O2. The first kappa shape index (κ1) is 19.5. The molecule has 0 bridgehead atoms. The van der Waals surface area contributed by atoms with Crippen LogP contribution in [0.15, 0.2) is 67.0 Å². The number of halogens is 1. The SMILES string of the molecule is O=C(c1ccc(-n2cccn2)cc1)N1CCN(CCOc2ccccc2Cl)CC1. The number of hydrogen-bond donors (Lipinski definition) is 0. The highest BCUT2D eigenvalue weighted by atomic mass is 35.5. The molecule has 0 aliphatic carbocycles. The predicted octanol–water partition coefficient (Wildman–Crippen LogP) is 3.36. The van der Waals surface area contributed by atoms with Crippen molar-refractivity contribution < 1.29 is 9.53 Å². The quantitative estimate of drug-likeness (QED) is 0.625. The number of nitrogens with zero attached hydrogens (tertiary/aromatic N) is 4. The van der Waals surface area contributed by atoms with Gasteiger partial charge in [-0.15, -0.1) is 0 Å². The van der Waals surface area contributed by atoms with Gasteiger partial charge in [-0.05, 0) is 42.5 Å². The van der Waals surface area contributed by atoms with Crippen LogP contribution in [0.25, 0.3) is 5.69 Å². The van der Waals surface area contributed by atoms with Gasteiger partial charge in [0.2, 0.25) is 0 Å². The van der Waals surface area contributed by atoms with Crippen LogP contribution in [-0.4, -0.2) is 64.8 Å². The number of piperazine rings is 1. The van der Waals surface area contributed by atoms with Crippen molar-refractivity contribution in [1.82, 2.24) is 19.6 Å². The van der Waals surface area contributed by atoms with Crippen molar-refractivity contribution in [1.29, 1.82) is 0 Å². The van der Waals surface area contributed by atoms with Gasteiger partial charge >= 0.3 is 0 Å². The summed E-state index contributed by atoms with van der Waals surface area (Å²) >= 11 is 6.11. The Bertz CT molecular complexity index is 936. The average Bonchev–Trinajstić information content (AvgIpc) is 3.30. The summed E-state index contributed by atoms with van der Waals surface area (Å²) in [6.45, 7) is 4.49. The summed E-state index contributed by atoms with van der Waals surface area (Å²) < 4.78 is 7.54. The molecule has 1 aromatic heterocycles. The van der Waals surface area contributed by atoms with E-state index >= 15 is 0 Å². The van der Waals surface area contributed by atoms with Crippen LogP contribution in [0.5, 0.6) is 5.75 Å². The second-order valence-corrected chi connectivity index (χ2v) is 7.32. The molecule has 1 aliphatic rings. The smallest absolute Gasteiger partial charge is 0.253 e. The molecule has 0 radical (unpaired) electrons. The number of carbonyl (C=O) groups excluding carboxylic acids is 1. The van der Waals surface area contributed by atoms with Gasteiger partial charge in [-0.25, -0.2) is 4.68 Å². The Labute approximate surface area is 175 Å². The first-order valence-corrected chi connectivity index (χ1v) is 10.1. The molecule has 2 heterocycles. The maximum absolute atomic E-state index is 12.8. The first-order valence-electron chi connectivity index (χ1n) is 9.70. The van der Waals surface area contributed by atoms with E-state index in [-0.39, 0.29) is 5.91 Å². The fourth-order valence-electron chi connectivity index (χ4n) is 3.38. The van der Waals surface area contributed by atoms with Crippen molar-refractivity contribution in [3.8, 4) is 11.4 Å². The summed E-state index contributed by atoms with van der Waals surface area (Å²) in [7, 11) is 0. The number of amides is 1. The fourth-order valence-corrected chi connectivity index (χ4v) is 3.57. The van der Waals surface area contributed by atoms with Gasteiger partial charge in [0.15, 0.2) is 0 Å². The van der Waals surface area contributed by atoms with E-state index in [0.717, 1.165) is 25.3 Å². The van der Waals surface area contributed by atoms with E-state index in [1.54, 1.807) is 10.9 Å². The van der Waals surface area contributed by atoms with Gasteiger partial charge in [-0.3, -0.25) is 9.69 Å². The molecule has 1 aliphatic heterocycles. The van der Waals surface area contributed by atoms with Gasteiger partial charge < -0.3 is 9.64 Å². The van der Waals surface area contributed by atoms with Crippen molar-refractivity contribution >= 4 is 17.5 Å². The van der Waals surface area contributed by atoms with Crippen molar-refractivity contribution in [2.24, 2.45) is 0 Å². The fraction of sp³-hybridized carbons (Fsp3) is 0.273. The van der Waals surface area contributed by atoms with Crippen LogP contribution in [0.1, 0.15) is 10.4 Å². The zero-order valence-corrected chi connectivity index (χ0v) is 16.8. The lowest BCUT2D eigenvalue weighted by atomic mass is 10.1. The van der Waals surface area contributed by atoms with E-state index in [1.807, 2.05) is 65.7 Å². The Balaban J connectivity index is 1.25. The lowest BCUT2D eigenvalue weighted by Gasteiger charge is -2.34. The average molecular weight is 411 g/mol. The maximum atomic E-state index is 12.8. The van der Waals surface area contributed by atoms with Crippen LogP contribution in [0.3, 0.4) is 0 Å². The highest BCUT2D eigenvalue weighted by Crippen LogP contribution is 2.23. The molecule has 3 aromatic rings. The van der Waals surface area contributed by atoms with Crippen LogP contribution in [0.4, 0.5) is 0 Å². The molecule has 6 nitrogen and oxygen atoms in total. The van der Waals surface area contributed by atoms with Gasteiger partial charge in [-0.1, -0.05) is 23.7 Å². The van der Waals surface area contributed by atoms with Crippen LogP contribution in [0, 0.1) is 0 Å². The summed E-state index contributed by atoms with van der Waals surface area (Å²) in [6.07, 6.45) is 3.61. The molecule has 0 spiro atoms. The molecule has 0 unspecified atom stereocenters. The summed E-state index contributed by atoms with van der Waals surface area (Å²) in [5.74, 6) is 0.783. The van der Waals surface area contributed by atoms with E-state index in [4.69, 9.17) is 16.3 Å². The van der Waals surface area contributed by atoms with E-state index in [2.05, 4.69) is 10.00 Å². The molecule has 1 amide bonds. The number of hydrogen-bond acceptors (Lipinski definition) is 4. The van der Waals surface area contributed by atoms with Gasteiger partial charge in [0.1, 0.15) is 12.4 Å². The summed E-state index contributed by atoms with van der Waals surface area (Å²) in [5, 5.41) is 4.83. The van der Waals surface area contributed by atoms with Gasteiger partial charge in [0.25, 0.3) is 5.91 Å².